The monoisotopic (exact) mass is 273 g/mol. The highest BCUT2D eigenvalue weighted by molar-refractivity contribution is 5.20. The van der Waals surface area contributed by atoms with Crippen molar-refractivity contribution in [2.24, 2.45) is 0 Å². The molecule has 0 radical (unpaired) electrons. The maximum atomic E-state index is 5.63. The summed E-state index contributed by atoms with van der Waals surface area (Å²) < 4.78 is 11.0. The van der Waals surface area contributed by atoms with Crippen molar-refractivity contribution in [1.29, 1.82) is 0 Å². The van der Waals surface area contributed by atoms with E-state index in [1.165, 1.54) is 5.56 Å². The Bertz CT molecular complexity index is 521. The number of hydrogen-bond acceptors (Lipinski definition) is 5. The van der Waals surface area contributed by atoms with Gasteiger partial charge in [0.1, 0.15) is 0 Å². The third-order valence-corrected chi connectivity index (χ3v) is 3.49. The maximum Gasteiger partial charge on any atom is 0.315 e. The lowest BCUT2D eigenvalue weighted by Gasteiger charge is -2.21. The Kier molecular flexibility index (Phi) is 4.28. The molecule has 1 aliphatic heterocycles. The molecule has 1 aromatic carbocycles. The molecule has 2 heterocycles. The predicted octanol–water partition coefficient (Wildman–Crippen LogP) is 2.45. The van der Waals surface area contributed by atoms with Crippen molar-refractivity contribution in [2.45, 2.75) is 31.7 Å². The summed E-state index contributed by atoms with van der Waals surface area (Å²) in [6.07, 6.45) is 3.66. The van der Waals surface area contributed by atoms with Gasteiger partial charge in [0, 0.05) is 25.7 Å². The van der Waals surface area contributed by atoms with Gasteiger partial charge < -0.3 is 14.5 Å². The molecule has 2 aromatic rings. The van der Waals surface area contributed by atoms with E-state index >= 15 is 0 Å². The zero-order valence-electron chi connectivity index (χ0n) is 11.4. The van der Waals surface area contributed by atoms with Crippen LogP contribution in [0, 0.1) is 0 Å². The van der Waals surface area contributed by atoms with Crippen molar-refractivity contribution >= 4 is 6.01 Å². The summed E-state index contributed by atoms with van der Waals surface area (Å²) >= 11 is 0. The van der Waals surface area contributed by atoms with Crippen LogP contribution in [0.5, 0.6) is 0 Å². The first-order valence-electron chi connectivity index (χ1n) is 7.11. The number of benzene rings is 1. The second kappa shape index (κ2) is 6.52. The first-order chi connectivity index (χ1) is 9.90. The van der Waals surface area contributed by atoms with Gasteiger partial charge in [-0.1, -0.05) is 35.4 Å². The fourth-order valence-electron chi connectivity index (χ4n) is 2.33. The van der Waals surface area contributed by atoms with Crippen LogP contribution in [0.4, 0.5) is 6.01 Å². The molecule has 3 rings (SSSR count). The molecule has 1 fully saturated rings. The molecule has 0 aliphatic carbocycles. The Morgan fingerprint density at radius 3 is 2.65 bits per heavy atom. The molecule has 0 unspecified atom stereocenters. The first-order valence-corrected chi connectivity index (χ1v) is 7.11. The lowest BCUT2D eigenvalue weighted by atomic mass is 10.1. The summed E-state index contributed by atoms with van der Waals surface area (Å²) in [6, 6.07) is 11.2. The molecule has 0 atom stereocenters. The second-order valence-electron chi connectivity index (χ2n) is 5.02. The average Bonchev–Trinajstić information content (AvgIpc) is 2.95. The van der Waals surface area contributed by atoms with Gasteiger partial charge in [0.2, 0.25) is 5.89 Å². The highest BCUT2D eigenvalue weighted by Crippen LogP contribution is 2.15. The summed E-state index contributed by atoms with van der Waals surface area (Å²) in [5, 5.41) is 11.4. The lowest BCUT2D eigenvalue weighted by molar-refractivity contribution is 0.0899. The van der Waals surface area contributed by atoms with Crippen LogP contribution in [-0.2, 0) is 17.6 Å². The molecule has 1 saturated heterocycles. The van der Waals surface area contributed by atoms with E-state index in [0.717, 1.165) is 38.9 Å². The van der Waals surface area contributed by atoms with Crippen LogP contribution in [0.3, 0.4) is 0 Å². The molecule has 1 aliphatic rings. The van der Waals surface area contributed by atoms with Crippen molar-refractivity contribution in [3.8, 4) is 0 Å². The first kappa shape index (κ1) is 13.1. The molecular weight excluding hydrogens is 254 g/mol. The quantitative estimate of drug-likeness (QED) is 0.906. The molecule has 0 saturated carbocycles. The predicted molar refractivity (Wildman–Crippen MR) is 75.6 cm³/mol. The molecular formula is C15H19N3O2. The number of aryl methyl sites for hydroxylation is 2. The van der Waals surface area contributed by atoms with E-state index in [1.54, 1.807) is 0 Å². The second-order valence-corrected chi connectivity index (χ2v) is 5.02. The molecule has 1 aromatic heterocycles. The van der Waals surface area contributed by atoms with Crippen molar-refractivity contribution in [3.05, 3.63) is 41.8 Å². The van der Waals surface area contributed by atoms with Crippen LogP contribution < -0.4 is 5.32 Å². The standard InChI is InChI=1S/C15H19N3O2/c1-2-4-12(5-3-1)6-7-14-17-18-15(20-14)16-13-8-10-19-11-9-13/h1-5,13H,6-11H2,(H,16,18). The fourth-order valence-corrected chi connectivity index (χ4v) is 2.33. The number of ether oxygens (including phenoxy) is 1. The number of aromatic nitrogens is 2. The Morgan fingerprint density at radius 1 is 1.05 bits per heavy atom. The average molecular weight is 273 g/mol. The van der Waals surface area contributed by atoms with Crippen molar-refractivity contribution in [3.63, 3.8) is 0 Å². The highest BCUT2D eigenvalue weighted by Gasteiger charge is 2.16. The van der Waals surface area contributed by atoms with E-state index in [0.29, 0.717) is 17.9 Å². The summed E-state index contributed by atoms with van der Waals surface area (Å²) in [4.78, 5) is 0. The van der Waals surface area contributed by atoms with Gasteiger partial charge in [0.25, 0.3) is 0 Å². The van der Waals surface area contributed by atoms with Gasteiger partial charge in [-0.05, 0) is 24.8 Å². The Hall–Kier alpha value is -1.88. The number of anilines is 1. The number of nitrogens with zero attached hydrogens (tertiary/aromatic N) is 2. The minimum atomic E-state index is 0.381. The van der Waals surface area contributed by atoms with Gasteiger partial charge in [-0.3, -0.25) is 0 Å². The largest absolute Gasteiger partial charge is 0.408 e. The van der Waals surface area contributed by atoms with Crippen LogP contribution in [0.25, 0.3) is 0 Å². The molecule has 0 bridgehead atoms. The van der Waals surface area contributed by atoms with Crippen LogP contribution in [0.1, 0.15) is 24.3 Å². The topological polar surface area (TPSA) is 60.2 Å². The number of rotatable bonds is 5. The number of nitrogens with one attached hydrogen (secondary N) is 1. The van der Waals surface area contributed by atoms with E-state index in [2.05, 4.69) is 27.6 Å². The van der Waals surface area contributed by atoms with E-state index in [4.69, 9.17) is 9.15 Å². The SMILES string of the molecule is c1ccc(CCc2nnc(NC3CCOCC3)o2)cc1. The molecule has 0 spiro atoms. The van der Waals surface area contributed by atoms with E-state index in [-0.39, 0.29) is 0 Å². The Morgan fingerprint density at radius 2 is 1.85 bits per heavy atom. The third kappa shape index (κ3) is 3.57. The van der Waals surface area contributed by atoms with Gasteiger partial charge in [-0.25, -0.2) is 0 Å². The van der Waals surface area contributed by atoms with Gasteiger partial charge in [-0.15, -0.1) is 5.10 Å². The van der Waals surface area contributed by atoms with Crippen molar-refractivity contribution in [1.82, 2.24) is 10.2 Å². The summed E-state index contributed by atoms with van der Waals surface area (Å²) in [5.41, 5.74) is 1.28. The molecule has 5 nitrogen and oxygen atoms in total. The summed E-state index contributed by atoms with van der Waals surface area (Å²) in [6.45, 7) is 1.60. The zero-order valence-corrected chi connectivity index (χ0v) is 11.4. The number of hydrogen-bond donors (Lipinski definition) is 1. The van der Waals surface area contributed by atoms with Gasteiger partial charge >= 0.3 is 6.01 Å². The molecule has 106 valence electrons. The zero-order chi connectivity index (χ0) is 13.6. The van der Waals surface area contributed by atoms with Crippen LogP contribution in [0.15, 0.2) is 34.7 Å². The Balaban J connectivity index is 1.51. The molecule has 1 N–H and O–H groups in total. The maximum absolute atomic E-state index is 5.63. The molecule has 20 heavy (non-hydrogen) atoms. The summed E-state index contributed by atoms with van der Waals surface area (Å²) in [5.74, 6) is 0.684. The van der Waals surface area contributed by atoms with Crippen LogP contribution in [-0.4, -0.2) is 29.5 Å². The smallest absolute Gasteiger partial charge is 0.315 e. The van der Waals surface area contributed by atoms with E-state index in [1.807, 2.05) is 18.2 Å². The Labute approximate surface area is 118 Å². The van der Waals surface area contributed by atoms with Gasteiger partial charge in [0.15, 0.2) is 0 Å². The fraction of sp³-hybridized carbons (Fsp3) is 0.467. The minimum Gasteiger partial charge on any atom is -0.408 e. The van der Waals surface area contributed by atoms with Crippen LogP contribution in [0.2, 0.25) is 0 Å². The highest BCUT2D eigenvalue weighted by atomic mass is 16.5. The normalized spacial score (nSPS) is 16.2. The van der Waals surface area contributed by atoms with Gasteiger partial charge in [-0.2, -0.15) is 0 Å². The third-order valence-electron chi connectivity index (χ3n) is 3.49. The van der Waals surface area contributed by atoms with Crippen molar-refractivity contribution < 1.29 is 9.15 Å². The lowest BCUT2D eigenvalue weighted by Crippen LogP contribution is -2.27. The minimum absolute atomic E-state index is 0.381. The van der Waals surface area contributed by atoms with Gasteiger partial charge in [0.05, 0.1) is 0 Å². The van der Waals surface area contributed by atoms with E-state index in [9.17, 15) is 0 Å². The van der Waals surface area contributed by atoms with E-state index < -0.39 is 0 Å². The summed E-state index contributed by atoms with van der Waals surface area (Å²) in [7, 11) is 0. The molecule has 0 amide bonds. The van der Waals surface area contributed by atoms with Crippen molar-refractivity contribution in [2.75, 3.05) is 18.5 Å². The molecule has 5 heteroatoms. The van der Waals surface area contributed by atoms with Crippen LogP contribution >= 0.6 is 0 Å².